The zero-order valence-electron chi connectivity index (χ0n) is 15.8. The van der Waals surface area contributed by atoms with Crippen LogP contribution in [0, 0.1) is 13.8 Å². The molecule has 1 amide bonds. The molecule has 8 heteroatoms. The van der Waals surface area contributed by atoms with Gasteiger partial charge in [-0.25, -0.2) is 8.42 Å². The number of H-pyrrole nitrogens is 1. The minimum absolute atomic E-state index is 0.0504. The van der Waals surface area contributed by atoms with Gasteiger partial charge in [0.25, 0.3) is 0 Å². The van der Waals surface area contributed by atoms with E-state index in [-0.39, 0.29) is 17.0 Å². The highest BCUT2D eigenvalue weighted by molar-refractivity contribution is 7.89. The Hall–Kier alpha value is -2.97. The Bertz CT molecular complexity index is 1200. The highest BCUT2D eigenvalue weighted by atomic mass is 32.2. The fraction of sp³-hybridized carbons (Fsp3) is 0.200. The molecule has 3 rings (SSSR count). The fourth-order valence-corrected chi connectivity index (χ4v) is 4.11. The maximum Gasteiger partial charge on any atom is 0.248 e. The van der Waals surface area contributed by atoms with Crippen molar-refractivity contribution in [2.75, 3.05) is 18.9 Å². The molecule has 0 atom stereocenters. The quantitative estimate of drug-likeness (QED) is 0.688. The van der Waals surface area contributed by atoms with Gasteiger partial charge in [-0.05, 0) is 54.6 Å². The average molecular weight is 399 g/mol. The number of benzene rings is 2. The molecule has 0 radical (unpaired) electrons. The third kappa shape index (κ3) is 3.97. The highest BCUT2D eigenvalue weighted by Crippen LogP contribution is 2.21. The molecule has 1 heterocycles. The van der Waals surface area contributed by atoms with Gasteiger partial charge in [0.15, 0.2) is 0 Å². The Morgan fingerprint density at radius 1 is 1.07 bits per heavy atom. The largest absolute Gasteiger partial charge is 0.324 e. The summed E-state index contributed by atoms with van der Waals surface area (Å²) in [5, 5.41) is 3.38. The van der Waals surface area contributed by atoms with Crippen LogP contribution >= 0.6 is 0 Å². The smallest absolute Gasteiger partial charge is 0.248 e. The molecular weight excluding hydrogens is 378 g/mol. The number of fused-ring (bicyclic) bond motifs is 1. The van der Waals surface area contributed by atoms with Crippen LogP contribution in [0.2, 0.25) is 0 Å². The molecule has 0 aliphatic carbocycles. The molecule has 0 unspecified atom stereocenters. The summed E-state index contributed by atoms with van der Waals surface area (Å²) in [6.07, 6.45) is 0. The summed E-state index contributed by atoms with van der Waals surface area (Å²) < 4.78 is 26.7. The van der Waals surface area contributed by atoms with Crippen molar-refractivity contribution in [2.45, 2.75) is 18.7 Å². The second-order valence-electron chi connectivity index (χ2n) is 6.65. The third-order valence-electron chi connectivity index (χ3n) is 4.52. The number of carbonyl (C=O) groups excluding carboxylic acids is 1. The van der Waals surface area contributed by atoms with Crippen molar-refractivity contribution in [1.82, 2.24) is 9.29 Å². The fourth-order valence-electron chi connectivity index (χ4n) is 2.95. The average Bonchev–Trinajstić information content (AvgIpc) is 2.64. The Kier molecular flexibility index (Phi) is 5.35. The van der Waals surface area contributed by atoms with Crippen molar-refractivity contribution in [1.29, 1.82) is 0 Å². The van der Waals surface area contributed by atoms with Crippen LogP contribution < -0.4 is 10.9 Å². The topological polar surface area (TPSA) is 99.3 Å². The third-order valence-corrected chi connectivity index (χ3v) is 6.31. The number of amides is 1. The summed E-state index contributed by atoms with van der Waals surface area (Å²) in [5.41, 5.74) is 2.78. The zero-order valence-corrected chi connectivity index (χ0v) is 16.6. The molecule has 28 heavy (non-hydrogen) atoms. The summed E-state index contributed by atoms with van der Waals surface area (Å²) >= 11 is 0. The number of carbonyl (C=O) groups is 1. The first-order valence-electron chi connectivity index (χ1n) is 8.64. The van der Waals surface area contributed by atoms with Crippen LogP contribution in [0.15, 0.2) is 58.2 Å². The van der Waals surface area contributed by atoms with Gasteiger partial charge in [-0.1, -0.05) is 18.2 Å². The number of pyridine rings is 1. The lowest BCUT2D eigenvalue weighted by atomic mass is 10.1. The number of aromatic amines is 1. The normalized spacial score (nSPS) is 11.7. The Balaban J connectivity index is 1.81. The number of rotatable bonds is 5. The summed E-state index contributed by atoms with van der Waals surface area (Å²) in [6, 6.07) is 13.0. The van der Waals surface area contributed by atoms with Crippen LogP contribution in [0.4, 0.5) is 5.69 Å². The number of aryl methyl sites for hydroxylation is 2. The van der Waals surface area contributed by atoms with E-state index in [1.54, 1.807) is 6.07 Å². The first-order chi connectivity index (χ1) is 13.2. The molecule has 0 fully saturated rings. The molecule has 2 N–H and O–H groups in total. The lowest BCUT2D eigenvalue weighted by Crippen LogP contribution is -2.35. The van der Waals surface area contributed by atoms with Gasteiger partial charge >= 0.3 is 0 Å². The molecule has 3 aromatic rings. The van der Waals surface area contributed by atoms with Crippen molar-refractivity contribution in [3.05, 3.63) is 70.0 Å². The first-order valence-corrected chi connectivity index (χ1v) is 10.1. The highest BCUT2D eigenvalue weighted by Gasteiger charge is 2.23. The van der Waals surface area contributed by atoms with E-state index in [0.29, 0.717) is 16.6 Å². The van der Waals surface area contributed by atoms with Crippen LogP contribution in [0.3, 0.4) is 0 Å². The van der Waals surface area contributed by atoms with Gasteiger partial charge in [-0.2, -0.15) is 4.31 Å². The van der Waals surface area contributed by atoms with E-state index in [0.717, 1.165) is 15.4 Å². The van der Waals surface area contributed by atoms with Gasteiger partial charge in [0, 0.05) is 24.3 Å². The van der Waals surface area contributed by atoms with E-state index in [1.807, 2.05) is 32.0 Å². The van der Waals surface area contributed by atoms with Crippen LogP contribution in [-0.2, 0) is 14.8 Å². The molecule has 0 saturated carbocycles. The SMILES string of the molecule is Cc1cccc(C)c1NC(=O)CN(C)S(=O)(=O)c1ccc2[nH]c(=O)ccc2c1. The monoisotopic (exact) mass is 399 g/mol. The second kappa shape index (κ2) is 7.57. The molecule has 0 spiro atoms. The molecule has 0 aliphatic heterocycles. The number of anilines is 1. The lowest BCUT2D eigenvalue weighted by molar-refractivity contribution is -0.116. The van der Waals surface area contributed by atoms with Crippen molar-refractivity contribution >= 4 is 32.5 Å². The van der Waals surface area contributed by atoms with Crippen molar-refractivity contribution < 1.29 is 13.2 Å². The van der Waals surface area contributed by atoms with Crippen LogP contribution in [-0.4, -0.2) is 37.2 Å². The Morgan fingerprint density at radius 2 is 1.75 bits per heavy atom. The Labute approximate surface area is 163 Å². The summed E-state index contributed by atoms with van der Waals surface area (Å²) in [6.45, 7) is 3.44. The van der Waals surface area contributed by atoms with Crippen LogP contribution in [0.5, 0.6) is 0 Å². The van der Waals surface area contributed by atoms with Gasteiger partial charge in [0.05, 0.1) is 11.4 Å². The number of hydrogen-bond acceptors (Lipinski definition) is 4. The van der Waals surface area contributed by atoms with E-state index in [2.05, 4.69) is 10.3 Å². The molecule has 7 nitrogen and oxygen atoms in total. The molecule has 146 valence electrons. The van der Waals surface area contributed by atoms with E-state index in [1.165, 1.54) is 31.3 Å². The van der Waals surface area contributed by atoms with Crippen molar-refractivity contribution in [3.63, 3.8) is 0 Å². The number of nitrogens with one attached hydrogen (secondary N) is 2. The molecular formula is C20H21N3O4S. The van der Waals surface area contributed by atoms with E-state index in [4.69, 9.17) is 0 Å². The van der Waals surface area contributed by atoms with Gasteiger partial charge in [-0.15, -0.1) is 0 Å². The molecule has 0 aliphatic rings. The van der Waals surface area contributed by atoms with Gasteiger partial charge < -0.3 is 10.3 Å². The second-order valence-corrected chi connectivity index (χ2v) is 8.69. The standard InChI is InChI=1S/C20H21N3O4S/c1-13-5-4-6-14(2)20(13)22-19(25)12-23(3)28(26,27)16-8-9-17-15(11-16)7-10-18(24)21-17/h4-11H,12H2,1-3H3,(H,21,24)(H,22,25). The van der Waals surface area contributed by atoms with E-state index >= 15 is 0 Å². The summed E-state index contributed by atoms with van der Waals surface area (Å²) in [7, 11) is -2.51. The number of para-hydroxylation sites is 1. The van der Waals surface area contributed by atoms with Gasteiger partial charge in [-0.3, -0.25) is 9.59 Å². The molecule has 1 aromatic heterocycles. The zero-order chi connectivity index (χ0) is 20.5. The summed E-state index contributed by atoms with van der Waals surface area (Å²) in [4.78, 5) is 26.5. The molecule has 0 bridgehead atoms. The molecule has 2 aromatic carbocycles. The van der Waals surface area contributed by atoms with Gasteiger partial charge in [0.2, 0.25) is 21.5 Å². The number of sulfonamides is 1. The predicted molar refractivity (Wildman–Crippen MR) is 109 cm³/mol. The van der Waals surface area contributed by atoms with Crippen LogP contribution in [0.1, 0.15) is 11.1 Å². The predicted octanol–water partition coefficient (Wildman–Crippen LogP) is 2.40. The van der Waals surface area contributed by atoms with E-state index in [9.17, 15) is 18.0 Å². The number of hydrogen-bond donors (Lipinski definition) is 2. The van der Waals surface area contributed by atoms with Crippen molar-refractivity contribution in [3.8, 4) is 0 Å². The summed E-state index contributed by atoms with van der Waals surface area (Å²) in [5.74, 6) is -0.423. The maximum absolute atomic E-state index is 12.8. The number of likely N-dealkylation sites (N-methyl/N-ethyl adjacent to an activating group) is 1. The van der Waals surface area contributed by atoms with Crippen molar-refractivity contribution in [2.24, 2.45) is 0 Å². The Morgan fingerprint density at radius 3 is 2.43 bits per heavy atom. The molecule has 0 saturated heterocycles. The lowest BCUT2D eigenvalue weighted by Gasteiger charge is -2.18. The number of nitrogens with zero attached hydrogens (tertiary/aromatic N) is 1. The van der Waals surface area contributed by atoms with E-state index < -0.39 is 15.9 Å². The van der Waals surface area contributed by atoms with Gasteiger partial charge in [0.1, 0.15) is 0 Å². The minimum atomic E-state index is -3.87. The first kappa shape index (κ1) is 19.8. The minimum Gasteiger partial charge on any atom is -0.324 e. The maximum atomic E-state index is 12.8. The van der Waals surface area contributed by atoms with Crippen LogP contribution in [0.25, 0.3) is 10.9 Å². The number of aromatic nitrogens is 1.